The molecule has 3 heteroatoms. The molecule has 0 bridgehead atoms. The van der Waals surface area contributed by atoms with Gasteiger partial charge in [-0.05, 0) is 30.2 Å². The number of benzene rings is 2. The summed E-state index contributed by atoms with van der Waals surface area (Å²) in [5, 5.41) is 0. The zero-order chi connectivity index (χ0) is 14.2. The molecule has 0 amide bonds. The molecule has 102 valence electrons. The fraction of sp³-hybridized carbons (Fsp3) is 0.235. The van der Waals surface area contributed by atoms with Gasteiger partial charge in [0.2, 0.25) is 0 Å². The van der Waals surface area contributed by atoms with Gasteiger partial charge in [0.15, 0.2) is 0 Å². The molecule has 3 rings (SSSR count). The van der Waals surface area contributed by atoms with Crippen LogP contribution in [0.5, 0.6) is 0 Å². The number of hydrogen-bond acceptors (Lipinski definition) is 2. The minimum Gasteiger partial charge on any atom is -0.454 e. The minimum absolute atomic E-state index is 0.0531. The van der Waals surface area contributed by atoms with Crippen LogP contribution in [0.3, 0.4) is 0 Å². The fourth-order valence-electron chi connectivity index (χ4n) is 2.87. The van der Waals surface area contributed by atoms with Gasteiger partial charge in [0, 0.05) is 10.4 Å². The molecule has 1 heterocycles. The van der Waals surface area contributed by atoms with Crippen LogP contribution in [0.4, 0.5) is 0 Å². The van der Waals surface area contributed by atoms with Gasteiger partial charge in [-0.25, -0.2) is 0 Å². The Morgan fingerprint density at radius 3 is 2.40 bits per heavy atom. The lowest BCUT2D eigenvalue weighted by Crippen LogP contribution is -2.27. The van der Waals surface area contributed by atoms with E-state index in [0.717, 1.165) is 15.6 Å². The summed E-state index contributed by atoms with van der Waals surface area (Å²) in [7, 11) is 0. The van der Waals surface area contributed by atoms with Gasteiger partial charge in [-0.3, -0.25) is 4.79 Å². The Balaban J connectivity index is 2.05. The van der Waals surface area contributed by atoms with Gasteiger partial charge < -0.3 is 4.74 Å². The van der Waals surface area contributed by atoms with Crippen molar-refractivity contribution in [1.29, 1.82) is 0 Å². The predicted octanol–water partition coefficient (Wildman–Crippen LogP) is 4.40. The van der Waals surface area contributed by atoms with Crippen molar-refractivity contribution < 1.29 is 9.53 Å². The highest BCUT2D eigenvalue weighted by molar-refractivity contribution is 9.10. The van der Waals surface area contributed by atoms with Gasteiger partial charge in [0.1, 0.15) is 5.60 Å². The average molecular weight is 331 g/mol. The summed E-state index contributed by atoms with van der Waals surface area (Å²) in [5.41, 5.74) is 1.57. The maximum absolute atomic E-state index is 11.9. The molecule has 2 aromatic rings. The van der Waals surface area contributed by atoms with Crippen molar-refractivity contribution in [1.82, 2.24) is 0 Å². The van der Waals surface area contributed by atoms with Crippen molar-refractivity contribution in [2.75, 3.05) is 0 Å². The number of ether oxygens (including phenoxy) is 1. The molecule has 0 N–H and O–H groups in total. The standard InChI is InChI=1S/C17H15BrO2/c1-17(13-7-9-14(18)10-8-13)15(11-16(19)20-17)12-5-3-2-4-6-12/h2-10,15H,11H2,1H3/t15-,17+/m0/s1. The Hall–Kier alpha value is -1.61. The van der Waals surface area contributed by atoms with E-state index in [0.29, 0.717) is 6.42 Å². The van der Waals surface area contributed by atoms with Crippen LogP contribution in [0.1, 0.15) is 30.4 Å². The summed E-state index contributed by atoms with van der Waals surface area (Å²) >= 11 is 3.44. The second-order valence-corrected chi connectivity index (χ2v) is 6.17. The Bertz CT molecular complexity index is 621. The number of rotatable bonds is 2. The topological polar surface area (TPSA) is 26.3 Å². The molecule has 2 aromatic carbocycles. The van der Waals surface area contributed by atoms with Crippen LogP contribution in [0, 0.1) is 0 Å². The summed E-state index contributed by atoms with van der Waals surface area (Å²) < 4.78 is 6.71. The quantitative estimate of drug-likeness (QED) is 0.763. The first-order valence-corrected chi connectivity index (χ1v) is 7.42. The molecular weight excluding hydrogens is 316 g/mol. The van der Waals surface area contributed by atoms with Crippen LogP contribution < -0.4 is 0 Å². The van der Waals surface area contributed by atoms with E-state index in [9.17, 15) is 4.79 Å². The molecule has 1 aliphatic heterocycles. The van der Waals surface area contributed by atoms with Crippen LogP contribution in [-0.4, -0.2) is 5.97 Å². The van der Waals surface area contributed by atoms with Gasteiger partial charge in [0.25, 0.3) is 0 Å². The van der Waals surface area contributed by atoms with Gasteiger partial charge in [-0.15, -0.1) is 0 Å². The largest absolute Gasteiger partial charge is 0.454 e. The second-order valence-electron chi connectivity index (χ2n) is 5.26. The minimum atomic E-state index is -0.598. The summed E-state index contributed by atoms with van der Waals surface area (Å²) in [6.45, 7) is 2.00. The lowest BCUT2D eigenvalue weighted by atomic mass is 9.79. The third-order valence-corrected chi connectivity index (χ3v) is 4.51. The smallest absolute Gasteiger partial charge is 0.307 e. The van der Waals surface area contributed by atoms with E-state index in [1.165, 1.54) is 0 Å². The number of hydrogen-bond donors (Lipinski definition) is 0. The van der Waals surface area contributed by atoms with Crippen LogP contribution >= 0.6 is 15.9 Å². The number of carbonyl (C=O) groups excluding carboxylic acids is 1. The van der Waals surface area contributed by atoms with Gasteiger partial charge in [-0.1, -0.05) is 58.4 Å². The molecule has 0 aromatic heterocycles. The lowest BCUT2D eigenvalue weighted by molar-refractivity contribution is -0.148. The molecule has 1 saturated heterocycles. The van der Waals surface area contributed by atoms with Crippen LogP contribution in [0.15, 0.2) is 59.1 Å². The molecule has 0 radical (unpaired) electrons. The fourth-order valence-corrected chi connectivity index (χ4v) is 3.14. The first kappa shape index (κ1) is 13.4. The highest BCUT2D eigenvalue weighted by Crippen LogP contribution is 2.47. The zero-order valence-electron chi connectivity index (χ0n) is 11.2. The number of esters is 1. The molecular formula is C17H15BrO2. The SMILES string of the molecule is C[C@]1(c2ccc(Br)cc2)OC(=O)C[C@H]1c1ccccc1. The van der Waals surface area contributed by atoms with Crippen molar-refractivity contribution in [3.8, 4) is 0 Å². The molecule has 20 heavy (non-hydrogen) atoms. The van der Waals surface area contributed by atoms with Crippen molar-refractivity contribution in [2.45, 2.75) is 24.9 Å². The second kappa shape index (κ2) is 5.06. The average Bonchev–Trinajstić information content (AvgIpc) is 2.77. The zero-order valence-corrected chi connectivity index (χ0v) is 12.8. The van der Waals surface area contributed by atoms with Crippen LogP contribution in [-0.2, 0) is 15.1 Å². The summed E-state index contributed by atoms with van der Waals surface area (Å²) in [6.07, 6.45) is 0.427. The number of carbonyl (C=O) groups is 1. The Morgan fingerprint density at radius 1 is 1.10 bits per heavy atom. The molecule has 2 nitrogen and oxygen atoms in total. The predicted molar refractivity (Wildman–Crippen MR) is 81.4 cm³/mol. The highest BCUT2D eigenvalue weighted by Gasteiger charge is 2.47. The van der Waals surface area contributed by atoms with E-state index >= 15 is 0 Å². The Kier molecular flexibility index (Phi) is 3.38. The third kappa shape index (κ3) is 2.27. The number of cyclic esters (lactones) is 1. The molecule has 0 saturated carbocycles. The van der Waals surface area contributed by atoms with Gasteiger partial charge >= 0.3 is 5.97 Å². The normalized spacial score (nSPS) is 25.5. The van der Waals surface area contributed by atoms with Crippen LogP contribution in [0.25, 0.3) is 0 Å². The molecule has 0 unspecified atom stereocenters. The van der Waals surface area contributed by atoms with Crippen LogP contribution in [0.2, 0.25) is 0 Å². The monoisotopic (exact) mass is 330 g/mol. The lowest BCUT2D eigenvalue weighted by Gasteiger charge is -2.30. The highest BCUT2D eigenvalue weighted by atomic mass is 79.9. The molecule has 0 spiro atoms. The molecule has 1 fully saturated rings. The van der Waals surface area contributed by atoms with E-state index < -0.39 is 5.60 Å². The summed E-state index contributed by atoms with van der Waals surface area (Å²) in [5.74, 6) is -0.0818. The maximum atomic E-state index is 11.9. The molecule has 0 aliphatic carbocycles. The summed E-state index contributed by atoms with van der Waals surface area (Å²) in [4.78, 5) is 11.9. The first-order chi connectivity index (χ1) is 9.59. The van der Waals surface area contributed by atoms with Crippen molar-refractivity contribution in [3.05, 3.63) is 70.2 Å². The van der Waals surface area contributed by atoms with Crippen molar-refractivity contribution >= 4 is 21.9 Å². The summed E-state index contributed by atoms with van der Waals surface area (Å²) in [6, 6.07) is 18.1. The Labute approximate surface area is 126 Å². The van der Waals surface area contributed by atoms with Gasteiger partial charge in [-0.2, -0.15) is 0 Å². The van der Waals surface area contributed by atoms with Crippen molar-refractivity contribution in [3.63, 3.8) is 0 Å². The number of halogens is 1. The molecule has 2 atom stereocenters. The maximum Gasteiger partial charge on any atom is 0.307 e. The van der Waals surface area contributed by atoms with E-state index in [1.54, 1.807) is 0 Å². The van der Waals surface area contributed by atoms with E-state index in [4.69, 9.17) is 4.74 Å². The first-order valence-electron chi connectivity index (χ1n) is 6.62. The van der Waals surface area contributed by atoms with Crippen molar-refractivity contribution in [2.24, 2.45) is 0 Å². The third-order valence-electron chi connectivity index (χ3n) is 3.98. The van der Waals surface area contributed by atoms with E-state index in [-0.39, 0.29) is 11.9 Å². The van der Waals surface area contributed by atoms with E-state index in [1.807, 2.05) is 49.4 Å². The Morgan fingerprint density at radius 2 is 1.75 bits per heavy atom. The molecule has 1 aliphatic rings. The van der Waals surface area contributed by atoms with E-state index in [2.05, 4.69) is 28.1 Å². The van der Waals surface area contributed by atoms with Gasteiger partial charge in [0.05, 0.1) is 6.42 Å².